The first-order valence-electron chi connectivity index (χ1n) is 38.9. The normalized spacial score (nSPS) is 14.6. The summed E-state index contributed by atoms with van der Waals surface area (Å²) in [6.45, 7) is 36.7. The number of fused-ring (bicyclic) bond motifs is 1. The molecule has 0 aromatic heterocycles. The number of ether oxygens (including phenoxy) is 4. The molecule has 119 heavy (non-hydrogen) atoms. The minimum Gasteiger partial charge on any atom is -0.459 e. The quantitative estimate of drug-likeness (QED) is 0.0101. The molecule has 0 N–H and O–H groups in total. The van der Waals surface area contributed by atoms with E-state index < -0.39 is 107 Å². The second kappa shape index (κ2) is 41.0. The SMILES string of the molecule is C=Cc1ccc(CCC(C)(C(=O)OC(C)(C)C)C(=O)c2ccc(S(C)(=O)=O)cc2)cc1.C=Cc1ccc(CCC(C)(C(=O)OC(C)(C)C)C(=O)c2ccc([N+](=O)[O-])cc2)cc1.C=Cc1ccc(CCC(C)(C(=O)OC(C)(C)C)C(=O)c2cccc3ccccc23)cc1.C=Cc1ccc(CCC(C)(C(=O)OC2C=CC=CC2)C(=O)C(F)(F)F)cc1. The molecule has 0 saturated carbocycles. The number of allylic oxidation sites excluding steroid dienone is 2. The number of rotatable bonds is 30. The molecule has 17 nitrogen and oxygen atoms in total. The Balaban J connectivity index is 0.000000246. The lowest BCUT2D eigenvalue weighted by molar-refractivity contribution is -0.384. The van der Waals surface area contributed by atoms with Gasteiger partial charge in [-0.25, -0.2) is 8.42 Å². The predicted octanol–water partition coefficient (Wildman–Crippen LogP) is 21.8. The fourth-order valence-corrected chi connectivity index (χ4v) is 13.1. The minimum absolute atomic E-state index is 0.116. The van der Waals surface area contributed by atoms with Crippen molar-refractivity contribution in [3.8, 4) is 0 Å². The summed E-state index contributed by atoms with van der Waals surface area (Å²) < 4.78 is 84.8. The summed E-state index contributed by atoms with van der Waals surface area (Å²) in [7, 11) is -3.38. The van der Waals surface area contributed by atoms with Gasteiger partial charge in [-0.2, -0.15) is 13.2 Å². The highest BCUT2D eigenvalue weighted by Crippen LogP contribution is 2.40. The zero-order valence-electron chi connectivity index (χ0n) is 70.3. The van der Waals surface area contributed by atoms with Gasteiger partial charge in [0.25, 0.3) is 11.5 Å². The number of halogens is 3. The molecule has 0 aliphatic heterocycles. The highest BCUT2D eigenvalue weighted by molar-refractivity contribution is 7.90. The van der Waals surface area contributed by atoms with Gasteiger partial charge in [-0.3, -0.25) is 48.5 Å². The first-order valence-corrected chi connectivity index (χ1v) is 40.8. The second-order valence-corrected chi connectivity index (χ2v) is 35.1. The van der Waals surface area contributed by atoms with E-state index in [0.717, 1.165) is 68.5 Å². The van der Waals surface area contributed by atoms with Crippen molar-refractivity contribution in [2.75, 3.05) is 6.26 Å². The van der Waals surface area contributed by atoms with Crippen LogP contribution in [0.4, 0.5) is 18.9 Å². The highest BCUT2D eigenvalue weighted by Gasteiger charge is 2.56. The molecule has 1 aliphatic rings. The number of carbonyl (C=O) groups excluding carboxylic acids is 8. The van der Waals surface area contributed by atoms with Crippen LogP contribution >= 0.6 is 0 Å². The maximum Gasteiger partial charge on any atom is 0.451 e. The molecule has 0 amide bonds. The number of nitrogens with zero attached hydrogens (tertiary/aromatic N) is 1. The van der Waals surface area contributed by atoms with Crippen molar-refractivity contribution in [3.05, 3.63) is 310 Å². The van der Waals surface area contributed by atoms with Crippen LogP contribution in [0.3, 0.4) is 0 Å². The Morgan fingerprint density at radius 1 is 0.437 bits per heavy atom. The number of benzene rings is 8. The van der Waals surface area contributed by atoms with Crippen LogP contribution in [-0.2, 0) is 78.4 Å². The molecule has 0 spiro atoms. The molecule has 8 aromatic carbocycles. The van der Waals surface area contributed by atoms with Gasteiger partial charge in [-0.15, -0.1) is 0 Å². The lowest BCUT2D eigenvalue weighted by Gasteiger charge is -2.31. The maximum absolute atomic E-state index is 13.8. The topological polar surface area (TPSA) is 251 Å². The third-order valence-electron chi connectivity index (χ3n) is 19.9. The molecule has 0 saturated heterocycles. The second-order valence-electron chi connectivity index (χ2n) is 33.1. The molecule has 0 heterocycles. The number of carbonyl (C=O) groups is 8. The van der Waals surface area contributed by atoms with Crippen LogP contribution in [0, 0.1) is 31.8 Å². The van der Waals surface area contributed by atoms with E-state index in [2.05, 4.69) is 26.3 Å². The summed E-state index contributed by atoms with van der Waals surface area (Å²) in [5.41, 5.74) is -0.0800. The van der Waals surface area contributed by atoms with Crippen molar-refractivity contribution < 1.29 is 83.8 Å². The Hall–Kier alpha value is -11.8. The zero-order valence-corrected chi connectivity index (χ0v) is 71.1. The monoisotopic (exact) mass is 1640 g/mol. The third-order valence-corrected chi connectivity index (χ3v) is 21.0. The lowest BCUT2D eigenvalue weighted by Crippen LogP contribution is -2.46. The Labute approximate surface area is 697 Å². The standard InChI is InChI=1S/C28H30O3.C25H30O5S.C24H27NO5.C21H21F3O3/c1-6-20-14-16-21(17-15-20)18-19-28(5,26(30)31-27(2,3)4)25(29)24-13-9-11-22-10-7-8-12-23(22)24;1-7-18-8-10-19(11-9-18)16-17-25(5,23(27)30-24(2,3)4)22(26)20-12-14-21(15-13-20)31(6,28)29;1-6-17-7-9-18(10-8-17)15-16-24(5,22(27)30-23(2,3)4)21(26)19-11-13-20(14-12-19)25(28)29;1-3-15-9-11-16(12-10-15)13-14-20(2,18(25)21(22,23)24)19(26)27-17-7-5-4-6-8-17/h6-17H,1,18-19H2,2-5H3;7-15H,1,16-17H2,2-6H3;6-14H,1,15-16H2,2-5H3;3-7,9-12,17H,1,8,13-14H2,2H3. The summed E-state index contributed by atoms with van der Waals surface area (Å²) in [4.78, 5) is 115. The molecule has 5 atom stereocenters. The Morgan fingerprint density at radius 3 is 1.09 bits per heavy atom. The number of non-ortho nitro benzene ring substituents is 1. The van der Waals surface area contributed by atoms with Gasteiger partial charge in [0.15, 0.2) is 27.2 Å². The smallest absolute Gasteiger partial charge is 0.451 e. The maximum atomic E-state index is 13.8. The first kappa shape index (κ1) is 96.0. The Morgan fingerprint density at radius 2 is 0.773 bits per heavy atom. The van der Waals surface area contributed by atoms with E-state index in [1.165, 1.54) is 48.5 Å². The van der Waals surface area contributed by atoms with E-state index in [9.17, 15) is 70.1 Å². The molecule has 0 bridgehead atoms. The van der Waals surface area contributed by atoms with E-state index in [1.54, 1.807) is 141 Å². The number of nitro groups is 1. The van der Waals surface area contributed by atoms with Crippen LogP contribution in [0.5, 0.6) is 0 Å². The van der Waals surface area contributed by atoms with E-state index >= 15 is 0 Å². The third kappa shape index (κ3) is 27.6. The minimum atomic E-state index is -5.12. The molecule has 21 heteroatoms. The molecule has 628 valence electrons. The summed E-state index contributed by atoms with van der Waals surface area (Å²) in [5, 5.41) is 12.7. The van der Waals surface area contributed by atoms with Gasteiger partial charge in [0.1, 0.15) is 44.6 Å². The van der Waals surface area contributed by atoms with E-state index in [-0.39, 0.29) is 53.2 Å². The van der Waals surface area contributed by atoms with Crippen molar-refractivity contribution in [2.45, 2.75) is 182 Å². The van der Waals surface area contributed by atoms with Crippen molar-refractivity contribution in [2.24, 2.45) is 21.7 Å². The van der Waals surface area contributed by atoms with Crippen LogP contribution in [-0.4, -0.2) is 95.7 Å². The number of sulfone groups is 1. The number of alkyl halides is 3. The van der Waals surface area contributed by atoms with E-state index in [4.69, 9.17) is 18.9 Å². The molecule has 0 radical (unpaired) electrons. The fourth-order valence-electron chi connectivity index (χ4n) is 12.4. The molecule has 8 aromatic rings. The van der Waals surface area contributed by atoms with Crippen molar-refractivity contribution in [3.63, 3.8) is 0 Å². The summed E-state index contributed by atoms with van der Waals surface area (Å²) >= 11 is 0. The molecule has 9 rings (SSSR count). The van der Waals surface area contributed by atoms with Gasteiger partial charge in [-0.1, -0.05) is 221 Å². The number of nitro benzene ring substituents is 1. The first-order chi connectivity index (χ1) is 55.5. The summed E-state index contributed by atoms with van der Waals surface area (Å²) in [6.07, 6.45) is 11.6. The average molecular weight is 1640 g/mol. The summed E-state index contributed by atoms with van der Waals surface area (Å²) in [5.74, 6) is -5.96. The number of ketones is 4. The number of hydrogen-bond donors (Lipinski definition) is 0. The molecule has 0 fully saturated rings. The lowest BCUT2D eigenvalue weighted by atomic mass is 9.76. The summed E-state index contributed by atoms with van der Waals surface area (Å²) in [6, 6.07) is 54.7. The highest BCUT2D eigenvalue weighted by atomic mass is 32.2. The fraction of sp³-hybridized carbons (Fsp3) is 0.327. The van der Waals surface area contributed by atoms with Gasteiger partial charge in [0.05, 0.1) is 9.82 Å². The van der Waals surface area contributed by atoms with Crippen molar-refractivity contribution >= 4 is 97.6 Å². The molecular weight excluding hydrogens is 1540 g/mol. The average Bonchev–Trinajstić information content (AvgIpc) is 0.785. The Bertz CT molecular complexity index is 5160. The van der Waals surface area contributed by atoms with Crippen LogP contribution in [0.25, 0.3) is 35.1 Å². The van der Waals surface area contributed by atoms with E-state index in [0.29, 0.717) is 37.7 Å². The van der Waals surface area contributed by atoms with Gasteiger partial charge in [0.2, 0.25) is 0 Å². The van der Waals surface area contributed by atoms with Crippen molar-refractivity contribution in [1.29, 1.82) is 0 Å². The van der Waals surface area contributed by atoms with Crippen LogP contribution in [0.15, 0.2) is 244 Å². The molecule has 5 unspecified atom stereocenters. The van der Waals surface area contributed by atoms with Crippen LogP contribution in [0.1, 0.15) is 198 Å². The van der Waals surface area contributed by atoms with Gasteiger partial charge in [-0.05, 0) is 227 Å². The van der Waals surface area contributed by atoms with Crippen molar-refractivity contribution in [1.82, 2.24) is 0 Å². The van der Waals surface area contributed by atoms with Crippen LogP contribution in [0.2, 0.25) is 0 Å². The van der Waals surface area contributed by atoms with Gasteiger partial charge < -0.3 is 18.9 Å². The predicted molar refractivity (Wildman–Crippen MR) is 463 cm³/mol. The van der Waals surface area contributed by atoms with Gasteiger partial charge >= 0.3 is 30.1 Å². The van der Waals surface area contributed by atoms with E-state index in [1.807, 2.05) is 130 Å². The number of Topliss-reactive ketones (excluding diaryl/α,β-unsaturated/α-hetero) is 4. The zero-order chi connectivity index (χ0) is 88.7. The number of aryl methyl sites for hydroxylation is 4. The van der Waals surface area contributed by atoms with Gasteiger partial charge in [0, 0.05) is 41.5 Å². The Kier molecular flexibility index (Phi) is 33.1. The number of esters is 4. The van der Waals surface area contributed by atoms with Crippen LogP contribution < -0.4 is 0 Å². The molecule has 1 aliphatic carbocycles. The number of hydrogen-bond acceptors (Lipinski definition) is 16. The molecular formula is C98H108F3NO16S. The largest absolute Gasteiger partial charge is 0.459 e.